The first-order chi connectivity index (χ1) is 16.6. The van der Waals surface area contributed by atoms with Gasteiger partial charge in [-0.05, 0) is 42.4 Å². The number of carbonyl (C=O) groups excluding carboxylic acids is 1. The summed E-state index contributed by atoms with van der Waals surface area (Å²) in [7, 11) is 1.75. The average Bonchev–Trinajstić information content (AvgIpc) is 3.45. The molecule has 0 radical (unpaired) electrons. The van der Waals surface area contributed by atoms with Crippen LogP contribution in [0.3, 0.4) is 0 Å². The van der Waals surface area contributed by atoms with Gasteiger partial charge >= 0.3 is 0 Å². The van der Waals surface area contributed by atoms with E-state index in [1.54, 1.807) is 23.0 Å². The second kappa shape index (κ2) is 10.2. The summed E-state index contributed by atoms with van der Waals surface area (Å²) in [4.78, 5) is 32.4. The van der Waals surface area contributed by atoms with E-state index in [0.29, 0.717) is 11.7 Å². The number of aromatic nitrogens is 2. The number of hydrogen-bond acceptors (Lipinski definition) is 5. The molecule has 34 heavy (non-hydrogen) atoms. The van der Waals surface area contributed by atoms with E-state index >= 15 is 0 Å². The predicted octanol–water partition coefficient (Wildman–Crippen LogP) is 4.91. The Balaban J connectivity index is 1.22. The van der Waals surface area contributed by atoms with Crippen LogP contribution in [0.5, 0.6) is 0 Å². The summed E-state index contributed by atoms with van der Waals surface area (Å²) < 4.78 is 1.59. The minimum atomic E-state index is -0.0482. The quantitative estimate of drug-likeness (QED) is 0.282. The Kier molecular flexibility index (Phi) is 6.83. The number of amides is 1. The van der Waals surface area contributed by atoms with Crippen molar-refractivity contribution in [1.82, 2.24) is 14.9 Å². The topological polar surface area (TPSA) is 64.0 Å². The number of nitrogens with one attached hydrogen (secondary N) is 1. The first kappa shape index (κ1) is 22.9. The highest BCUT2D eigenvalue weighted by molar-refractivity contribution is 7.99. The Bertz CT molecular complexity index is 1320. The summed E-state index contributed by atoms with van der Waals surface area (Å²) >= 11 is 2.96. The minimum absolute atomic E-state index is 0.000808. The molecule has 0 fully saturated rings. The number of benzene rings is 2. The van der Waals surface area contributed by atoms with E-state index in [9.17, 15) is 9.59 Å². The minimum Gasteiger partial charge on any atom is -0.355 e. The van der Waals surface area contributed by atoms with Gasteiger partial charge in [0.05, 0.1) is 11.1 Å². The standard InChI is InChI=1S/C27H27N3O2S2/c1-30-26(32)24-21-13-8-14-22(21)34-25(24)29-27(30)33-17-23(31)28-16-15-20(18-9-4-2-5-10-18)19-11-6-3-7-12-19/h2-7,9-12,20H,8,13-17H2,1H3,(H,28,31). The van der Waals surface area contributed by atoms with Gasteiger partial charge < -0.3 is 5.32 Å². The molecular formula is C27H27N3O2S2. The molecule has 5 nitrogen and oxygen atoms in total. The van der Waals surface area contributed by atoms with Crippen molar-refractivity contribution in [2.24, 2.45) is 7.05 Å². The zero-order valence-electron chi connectivity index (χ0n) is 19.1. The molecule has 0 saturated heterocycles. The molecule has 7 heteroatoms. The predicted molar refractivity (Wildman–Crippen MR) is 140 cm³/mol. The zero-order chi connectivity index (χ0) is 23.5. The maximum Gasteiger partial charge on any atom is 0.262 e. The van der Waals surface area contributed by atoms with Crippen molar-refractivity contribution >= 4 is 39.2 Å². The van der Waals surface area contributed by atoms with Gasteiger partial charge in [0.25, 0.3) is 5.56 Å². The second-order valence-corrected chi connectivity index (χ2v) is 10.6. The van der Waals surface area contributed by atoms with Crippen molar-refractivity contribution in [3.05, 3.63) is 92.6 Å². The zero-order valence-corrected chi connectivity index (χ0v) is 20.8. The maximum atomic E-state index is 12.9. The van der Waals surface area contributed by atoms with Crippen LogP contribution < -0.4 is 10.9 Å². The summed E-state index contributed by atoms with van der Waals surface area (Å²) in [6, 6.07) is 20.8. The van der Waals surface area contributed by atoms with Gasteiger partial charge in [0.1, 0.15) is 4.83 Å². The van der Waals surface area contributed by atoms with Crippen LogP contribution in [0.4, 0.5) is 0 Å². The number of aryl methyl sites for hydroxylation is 2. The lowest BCUT2D eigenvalue weighted by atomic mass is 9.88. The molecule has 0 bridgehead atoms. The normalized spacial score (nSPS) is 12.9. The summed E-state index contributed by atoms with van der Waals surface area (Å²) in [6.45, 7) is 0.580. The second-order valence-electron chi connectivity index (χ2n) is 8.60. The van der Waals surface area contributed by atoms with Crippen LogP contribution in [0.25, 0.3) is 10.2 Å². The molecule has 0 spiro atoms. The molecule has 1 amide bonds. The van der Waals surface area contributed by atoms with Crippen molar-refractivity contribution in [3.8, 4) is 0 Å². The first-order valence-electron chi connectivity index (χ1n) is 11.6. The maximum absolute atomic E-state index is 12.9. The first-order valence-corrected chi connectivity index (χ1v) is 13.4. The molecule has 174 valence electrons. The lowest BCUT2D eigenvalue weighted by Gasteiger charge is -2.18. The number of fused-ring (bicyclic) bond motifs is 3. The van der Waals surface area contributed by atoms with Gasteiger partial charge in [-0.2, -0.15) is 0 Å². The molecule has 1 aliphatic carbocycles. The fraction of sp³-hybridized carbons (Fsp3) is 0.296. The van der Waals surface area contributed by atoms with E-state index in [4.69, 9.17) is 4.98 Å². The Morgan fingerprint density at radius 1 is 1.09 bits per heavy atom. The van der Waals surface area contributed by atoms with Gasteiger partial charge in [-0.15, -0.1) is 11.3 Å². The highest BCUT2D eigenvalue weighted by atomic mass is 32.2. The third-order valence-corrected chi connectivity index (χ3v) is 8.61. The highest BCUT2D eigenvalue weighted by Gasteiger charge is 2.22. The van der Waals surface area contributed by atoms with Crippen molar-refractivity contribution in [2.75, 3.05) is 12.3 Å². The van der Waals surface area contributed by atoms with E-state index in [1.165, 1.54) is 33.3 Å². The van der Waals surface area contributed by atoms with Crippen LogP contribution in [0.15, 0.2) is 70.6 Å². The Hall–Kier alpha value is -2.90. The molecule has 1 aliphatic rings. The number of thiophene rings is 1. The Labute approximate surface area is 207 Å². The molecule has 0 atom stereocenters. The molecule has 2 aromatic carbocycles. The number of carbonyl (C=O) groups is 1. The van der Waals surface area contributed by atoms with Gasteiger partial charge in [0, 0.05) is 24.4 Å². The molecular weight excluding hydrogens is 462 g/mol. The number of rotatable bonds is 8. The third kappa shape index (κ3) is 4.68. The van der Waals surface area contributed by atoms with Gasteiger partial charge in [0.15, 0.2) is 5.16 Å². The van der Waals surface area contributed by atoms with Crippen molar-refractivity contribution in [2.45, 2.75) is 36.8 Å². The molecule has 4 aromatic rings. The van der Waals surface area contributed by atoms with Gasteiger partial charge in [-0.1, -0.05) is 72.4 Å². The largest absolute Gasteiger partial charge is 0.355 e. The van der Waals surface area contributed by atoms with Crippen molar-refractivity contribution < 1.29 is 4.79 Å². The third-order valence-electron chi connectivity index (χ3n) is 6.40. The van der Waals surface area contributed by atoms with E-state index in [0.717, 1.165) is 35.9 Å². The van der Waals surface area contributed by atoms with E-state index in [2.05, 4.69) is 53.8 Å². The molecule has 0 aliphatic heterocycles. The van der Waals surface area contributed by atoms with Crippen LogP contribution in [0.2, 0.25) is 0 Å². The number of nitrogens with zero attached hydrogens (tertiary/aromatic N) is 2. The van der Waals surface area contributed by atoms with Gasteiger partial charge in [0.2, 0.25) is 5.91 Å². The van der Waals surface area contributed by atoms with Crippen LogP contribution in [-0.4, -0.2) is 27.8 Å². The smallest absolute Gasteiger partial charge is 0.262 e. The summed E-state index contributed by atoms with van der Waals surface area (Å²) in [5.74, 6) is 0.409. The van der Waals surface area contributed by atoms with Crippen LogP contribution in [0.1, 0.15) is 40.3 Å². The van der Waals surface area contributed by atoms with E-state index in [-0.39, 0.29) is 23.1 Å². The van der Waals surface area contributed by atoms with Gasteiger partial charge in [-0.3, -0.25) is 14.2 Å². The fourth-order valence-corrected chi connectivity index (χ4v) is 6.77. The molecule has 2 aromatic heterocycles. The van der Waals surface area contributed by atoms with E-state index in [1.807, 2.05) is 12.1 Å². The molecule has 1 N–H and O–H groups in total. The van der Waals surface area contributed by atoms with Crippen LogP contribution in [-0.2, 0) is 24.7 Å². The van der Waals surface area contributed by atoms with Gasteiger partial charge in [-0.25, -0.2) is 4.98 Å². The van der Waals surface area contributed by atoms with Crippen molar-refractivity contribution in [3.63, 3.8) is 0 Å². The lowest BCUT2D eigenvalue weighted by Crippen LogP contribution is -2.28. The SMILES string of the molecule is Cn1c(SCC(=O)NCCC(c2ccccc2)c2ccccc2)nc2sc3c(c2c1=O)CCC3. The Morgan fingerprint density at radius 3 is 2.44 bits per heavy atom. The molecule has 5 rings (SSSR count). The summed E-state index contributed by atoms with van der Waals surface area (Å²) in [5.41, 5.74) is 3.68. The number of hydrogen-bond donors (Lipinski definition) is 1. The molecule has 2 heterocycles. The number of thioether (sulfide) groups is 1. The van der Waals surface area contributed by atoms with Crippen LogP contribution >= 0.6 is 23.1 Å². The average molecular weight is 490 g/mol. The van der Waals surface area contributed by atoms with E-state index < -0.39 is 0 Å². The Morgan fingerprint density at radius 2 is 1.76 bits per heavy atom. The highest BCUT2D eigenvalue weighted by Crippen LogP contribution is 2.35. The summed E-state index contributed by atoms with van der Waals surface area (Å²) in [5, 5.41) is 4.43. The molecule has 0 saturated carbocycles. The van der Waals surface area contributed by atoms with Crippen LogP contribution in [0, 0.1) is 0 Å². The monoisotopic (exact) mass is 489 g/mol. The lowest BCUT2D eigenvalue weighted by molar-refractivity contribution is -0.118. The van der Waals surface area contributed by atoms with Crippen molar-refractivity contribution in [1.29, 1.82) is 0 Å². The molecule has 0 unspecified atom stereocenters. The summed E-state index contributed by atoms with van der Waals surface area (Å²) in [6.07, 6.45) is 3.94. The fourth-order valence-electron chi connectivity index (χ4n) is 4.67.